The van der Waals surface area contributed by atoms with Gasteiger partial charge in [0.05, 0.1) is 6.10 Å². The highest BCUT2D eigenvalue weighted by atomic mass is 28.3. The Morgan fingerprint density at radius 2 is 1.18 bits per heavy atom. The zero-order valence-corrected chi connectivity index (χ0v) is 17.6. The van der Waals surface area contributed by atoms with Crippen molar-refractivity contribution in [3.8, 4) is 0 Å². The lowest BCUT2D eigenvalue weighted by Crippen LogP contribution is -2.46. The van der Waals surface area contributed by atoms with Crippen LogP contribution in [0.1, 0.15) is 46.5 Å². The zero-order chi connectivity index (χ0) is 16.8. The standard InChI is InChI=1S/C15H34O5Si2/c1-8-10-13(21(16-4)17-5)15(12(3)20-15)14(11-9-2)22(18-6)19-7/h12-14,21-22H,8-11H2,1-7H3. The molecule has 0 aromatic heterocycles. The topological polar surface area (TPSA) is 49.5 Å². The minimum absolute atomic E-state index is 0.183. The van der Waals surface area contributed by atoms with Crippen LogP contribution in [0.5, 0.6) is 0 Å². The van der Waals surface area contributed by atoms with Crippen LogP contribution in [-0.4, -0.2) is 58.7 Å². The van der Waals surface area contributed by atoms with Gasteiger partial charge >= 0.3 is 18.6 Å². The first-order chi connectivity index (χ1) is 10.6. The Morgan fingerprint density at radius 1 is 0.864 bits per heavy atom. The van der Waals surface area contributed by atoms with E-state index >= 15 is 0 Å². The van der Waals surface area contributed by atoms with E-state index in [9.17, 15) is 0 Å². The fourth-order valence-corrected chi connectivity index (χ4v) is 9.12. The van der Waals surface area contributed by atoms with Gasteiger partial charge in [-0.2, -0.15) is 0 Å². The van der Waals surface area contributed by atoms with Crippen LogP contribution in [0.4, 0.5) is 0 Å². The highest BCUT2D eigenvalue weighted by molar-refractivity contribution is 6.49. The predicted octanol–water partition coefficient (Wildman–Crippen LogP) is 2.51. The summed E-state index contributed by atoms with van der Waals surface area (Å²) >= 11 is 0. The van der Waals surface area contributed by atoms with E-state index in [0.717, 1.165) is 25.7 Å². The van der Waals surface area contributed by atoms with Crippen molar-refractivity contribution in [2.45, 2.75) is 69.2 Å². The van der Waals surface area contributed by atoms with Gasteiger partial charge in [-0.15, -0.1) is 0 Å². The van der Waals surface area contributed by atoms with Crippen molar-refractivity contribution in [2.24, 2.45) is 0 Å². The summed E-state index contributed by atoms with van der Waals surface area (Å²) in [6.07, 6.45) is 4.56. The molecule has 7 heteroatoms. The molecule has 1 fully saturated rings. The monoisotopic (exact) mass is 350 g/mol. The maximum Gasteiger partial charge on any atom is 0.327 e. The molecular formula is C15H34O5Si2. The van der Waals surface area contributed by atoms with Crippen molar-refractivity contribution >= 4 is 18.6 Å². The lowest BCUT2D eigenvalue weighted by molar-refractivity contribution is 0.178. The summed E-state index contributed by atoms with van der Waals surface area (Å²) in [4.78, 5) is 0. The maximum atomic E-state index is 6.25. The Kier molecular flexibility index (Phi) is 8.77. The van der Waals surface area contributed by atoms with E-state index in [1.54, 1.807) is 28.4 Å². The molecule has 132 valence electrons. The second-order valence-electron chi connectivity index (χ2n) is 6.08. The molecule has 0 saturated carbocycles. The molecule has 3 atom stereocenters. The lowest BCUT2D eigenvalue weighted by atomic mass is 9.91. The molecule has 3 unspecified atom stereocenters. The summed E-state index contributed by atoms with van der Waals surface area (Å²) in [5.74, 6) is 0. The molecule has 1 heterocycles. The number of hydrogen-bond donors (Lipinski definition) is 0. The van der Waals surface area contributed by atoms with Gasteiger partial charge in [0.25, 0.3) is 0 Å². The average molecular weight is 351 g/mol. The van der Waals surface area contributed by atoms with Gasteiger partial charge in [-0.05, 0) is 19.8 Å². The number of rotatable bonds is 12. The molecule has 0 N–H and O–H groups in total. The summed E-state index contributed by atoms with van der Waals surface area (Å²) < 4.78 is 29.2. The van der Waals surface area contributed by atoms with Crippen molar-refractivity contribution in [3.05, 3.63) is 0 Å². The second-order valence-corrected chi connectivity index (χ2v) is 11.1. The largest absolute Gasteiger partial charge is 0.400 e. The Bertz CT molecular complexity index is 288. The SMILES string of the molecule is CCCC([SiH](OC)OC)C1(C(CCC)[SiH](OC)OC)OC1C. The quantitative estimate of drug-likeness (QED) is 0.400. The van der Waals surface area contributed by atoms with Crippen molar-refractivity contribution in [1.29, 1.82) is 0 Å². The van der Waals surface area contributed by atoms with Crippen LogP contribution in [0.15, 0.2) is 0 Å². The molecule has 22 heavy (non-hydrogen) atoms. The maximum absolute atomic E-state index is 6.25. The van der Waals surface area contributed by atoms with E-state index < -0.39 is 18.6 Å². The van der Waals surface area contributed by atoms with E-state index in [-0.39, 0.29) is 11.7 Å². The molecule has 0 aromatic rings. The minimum Gasteiger partial charge on any atom is -0.400 e. The molecule has 0 radical (unpaired) electrons. The highest BCUT2D eigenvalue weighted by Crippen LogP contribution is 2.59. The van der Waals surface area contributed by atoms with Gasteiger partial charge in [0.2, 0.25) is 0 Å². The Balaban J connectivity index is 3.13. The van der Waals surface area contributed by atoms with Crippen LogP contribution in [0.2, 0.25) is 11.1 Å². The van der Waals surface area contributed by atoms with Crippen molar-refractivity contribution in [3.63, 3.8) is 0 Å². The Hall–Kier alpha value is 0.234. The van der Waals surface area contributed by atoms with E-state index in [1.807, 2.05) is 0 Å². The molecule has 1 rings (SSSR count). The van der Waals surface area contributed by atoms with Gasteiger partial charge < -0.3 is 22.4 Å². The van der Waals surface area contributed by atoms with Gasteiger partial charge in [-0.25, -0.2) is 0 Å². The fourth-order valence-electron chi connectivity index (χ4n) is 3.95. The Morgan fingerprint density at radius 3 is 1.36 bits per heavy atom. The molecule has 5 nitrogen and oxygen atoms in total. The molecule has 0 aliphatic carbocycles. The first-order valence-electron chi connectivity index (χ1n) is 8.36. The molecule has 1 aliphatic heterocycles. The summed E-state index contributed by atoms with van der Waals surface area (Å²) in [6.45, 7) is 6.58. The summed E-state index contributed by atoms with van der Waals surface area (Å²) in [7, 11) is 3.49. The lowest BCUT2D eigenvalue weighted by Gasteiger charge is -2.36. The van der Waals surface area contributed by atoms with Crippen LogP contribution in [0.25, 0.3) is 0 Å². The van der Waals surface area contributed by atoms with Crippen molar-refractivity contribution in [1.82, 2.24) is 0 Å². The Labute approximate surface area is 139 Å². The third kappa shape index (κ3) is 4.00. The van der Waals surface area contributed by atoms with E-state index in [4.69, 9.17) is 22.4 Å². The van der Waals surface area contributed by atoms with E-state index in [0.29, 0.717) is 11.1 Å². The first kappa shape index (κ1) is 20.3. The minimum atomic E-state index is -1.78. The second kappa shape index (κ2) is 9.51. The zero-order valence-electron chi connectivity index (χ0n) is 15.3. The molecule has 0 amide bonds. The fraction of sp³-hybridized carbons (Fsp3) is 1.00. The van der Waals surface area contributed by atoms with Gasteiger partial charge in [0, 0.05) is 39.5 Å². The van der Waals surface area contributed by atoms with Gasteiger partial charge in [-0.1, -0.05) is 26.7 Å². The summed E-state index contributed by atoms with van der Waals surface area (Å²) in [5, 5.41) is 0. The van der Waals surface area contributed by atoms with Crippen LogP contribution < -0.4 is 0 Å². The van der Waals surface area contributed by atoms with Crippen molar-refractivity contribution in [2.75, 3.05) is 28.4 Å². The van der Waals surface area contributed by atoms with Crippen LogP contribution in [0, 0.1) is 0 Å². The first-order valence-corrected chi connectivity index (χ1v) is 11.6. The van der Waals surface area contributed by atoms with Crippen LogP contribution in [-0.2, 0) is 22.4 Å². The van der Waals surface area contributed by atoms with Crippen molar-refractivity contribution < 1.29 is 22.4 Å². The van der Waals surface area contributed by atoms with Crippen LogP contribution >= 0.6 is 0 Å². The van der Waals surface area contributed by atoms with Gasteiger partial charge in [0.1, 0.15) is 5.60 Å². The normalized spacial score (nSPS) is 27.4. The molecule has 0 bridgehead atoms. The summed E-state index contributed by atoms with van der Waals surface area (Å²) in [5.41, 5.74) is 0.483. The third-order valence-corrected chi connectivity index (χ3v) is 9.78. The molecular weight excluding hydrogens is 316 g/mol. The highest BCUT2D eigenvalue weighted by Gasteiger charge is 2.67. The van der Waals surface area contributed by atoms with E-state index in [2.05, 4.69) is 20.8 Å². The van der Waals surface area contributed by atoms with Crippen LogP contribution in [0.3, 0.4) is 0 Å². The molecule has 1 aliphatic rings. The van der Waals surface area contributed by atoms with Gasteiger partial charge in [-0.3, -0.25) is 0 Å². The van der Waals surface area contributed by atoms with E-state index in [1.165, 1.54) is 0 Å². The third-order valence-electron chi connectivity index (χ3n) is 4.90. The smallest absolute Gasteiger partial charge is 0.327 e. The molecule has 1 saturated heterocycles. The van der Waals surface area contributed by atoms with Gasteiger partial charge in [0.15, 0.2) is 0 Å². The molecule has 0 spiro atoms. The number of epoxide rings is 1. The molecule has 0 aromatic carbocycles. The average Bonchev–Trinajstić information content (AvgIpc) is 3.19. The predicted molar refractivity (Wildman–Crippen MR) is 92.9 cm³/mol. The number of ether oxygens (including phenoxy) is 1. The number of hydrogen-bond acceptors (Lipinski definition) is 5. The summed E-state index contributed by atoms with van der Waals surface area (Å²) in [6, 6.07) is 0.